The Balaban J connectivity index is 2.87. The van der Waals surface area contributed by atoms with Crippen molar-refractivity contribution in [1.29, 1.82) is 0 Å². The molecule has 1 aromatic heterocycles. The van der Waals surface area contributed by atoms with Crippen LogP contribution in [-0.4, -0.2) is 9.97 Å². The van der Waals surface area contributed by atoms with Gasteiger partial charge in [-0.05, 0) is 0 Å². The summed E-state index contributed by atoms with van der Waals surface area (Å²) >= 11 is 11.0. The second-order valence-corrected chi connectivity index (χ2v) is 2.30. The zero-order valence-electron chi connectivity index (χ0n) is 5.22. The molecule has 0 radical (unpaired) electrons. The summed E-state index contributed by atoms with van der Waals surface area (Å²) in [6, 6.07) is 0. The van der Waals surface area contributed by atoms with Gasteiger partial charge in [0.1, 0.15) is 0 Å². The Morgan fingerprint density at radius 2 is 1.60 bits per heavy atom. The van der Waals surface area contributed by atoms with E-state index in [9.17, 15) is 0 Å². The van der Waals surface area contributed by atoms with Crippen LogP contribution in [0.1, 0.15) is 11.4 Å². The summed E-state index contributed by atoms with van der Waals surface area (Å²) in [6.07, 6.45) is 3.26. The number of nitrogens with zero attached hydrogens (tertiary/aromatic N) is 2. The first-order valence-corrected chi connectivity index (χ1v) is 3.85. The fraction of sp³-hybridized carbons (Fsp3) is 0.333. The van der Waals surface area contributed by atoms with E-state index in [0.29, 0.717) is 11.8 Å². The number of hydrogen-bond acceptors (Lipinski definition) is 2. The SMILES string of the molecule is ClCc1cncc(CCl)n1. The second-order valence-electron chi connectivity index (χ2n) is 1.77. The normalized spacial score (nSPS) is 9.80. The third kappa shape index (κ3) is 1.82. The summed E-state index contributed by atoms with van der Waals surface area (Å²) in [5.74, 6) is 0.773. The predicted octanol–water partition coefficient (Wildman–Crippen LogP) is 1.95. The average Bonchev–Trinajstić information content (AvgIpc) is 2.05. The Hall–Kier alpha value is -0.340. The highest BCUT2D eigenvalue weighted by atomic mass is 35.5. The lowest BCUT2D eigenvalue weighted by Gasteiger charge is -1.95. The van der Waals surface area contributed by atoms with E-state index in [2.05, 4.69) is 9.97 Å². The van der Waals surface area contributed by atoms with Crippen molar-refractivity contribution in [3.8, 4) is 0 Å². The van der Waals surface area contributed by atoms with Gasteiger partial charge >= 0.3 is 0 Å². The van der Waals surface area contributed by atoms with Gasteiger partial charge in [-0.25, -0.2) is 0 Å². The third-order valence-electron chi connectivity index (χ3n) is 1.01. The molecule has 1 heterocycles. The molecule has 1 aromatic rings. The minimum Gasteiger partial charge on any atom is -0.261 e. The molecule has 0 aromatic carbocycles. The topological polar surface area (TPSA) is 25.8 Å². The molecule has 0 fully saturated rings. The standard InChI is InChI=1S/C6H6Cl2N2/c7-1-5-3-9-4-6(2-8)10-5/h3-4H,1-2H2. The van der Waals surface area contributed by atoms with Gasteiger partial charge in [0.2, 0.25) is 0 Å². The Labute approximate surface area is 69.2 Å². The van der Waals surface area contributed by atoms with Crippen LogP contribution in [0, 0.1) is 0 Å². The smallest absolute Gasteiger partial charge is 0.0738 e. The quantitative estimate of drug-likeness (QED) is 0.645. The molecule has 0 aliphatic heterocycles. The summed E-state index contributed by atoms with van der Waals surface area (Å²) in [4.78, 5) is 7.98. The summed E-state index contributed by atoms with van der Waals surface area (Å²) in [6.45, 7) is 0. The van der Waals surface area contributed by atoms with Gasteiger partial charge in [0.25, 0.3) is 0 Å². The van der Waals surface area contributed by atoms with Gasteiger partial charge in [0.15, 0.2) is 0 Å². The van der Waals surface area contributed by atoms with E-state index in [4.69, 9.17) is 23.2 Å². The largest absolute Gasteiger partial charge is 0.261 e. The maximum Gasteiger partial charge on any atom is 0.0738 e. The molecular weight excluding hydrogens is 171 g/mol. The average molecular weight is 177 g/mol. The van der Waals surface area contributed by atoms with Crippen molar-refractivity contribution in [3.63, 3.8) is 0 Å². The van der Waals surface area contributed by atoms with E-state index in [1.165, 1.54) is 0 Å². The Morgan fingerprint density at radius 3 is 2.00 bits per heavy atom. The zero-order valence-corrected chi connectivity index (χ0v) is 6.73. The van der Waals surface area contributed by atoms with Gasteiger partial charge in [0, 0.05) is 12.4 Å². The van der Waals surface area contributed by atoms with Crippen LogP contribution in [0.2, 0.25) is 0 Å². The van der Waals surface area contributed by atoms with Crippen molar-refractivity contribution in [2.75, 3.05) is 0 Å². The van der Waals surface area contributed by atoms with Crippen LogP contribution >= 0.6 is 23.2 Å². The molecule has 0 aliphatic rings. The van der Waals surface area contributed by atoms with Crippen LogP contribution in [0.5, 0.6) is 0 Å². The van der Waals surface area contributed by atoms with Crippen LogP contribution < -0.4 is 0 Å². The van der Waals surface area contributed by atoms with E-state index in [1.807, 2.05) is 0 Å². The van der Waals surface area contributed by atoms with Gasteiger partial charge in [0.05, 0.1) is 23.1 Å². The molecule has 0 saturated carbocycles. The highest BCUT2D eigenvalue weighted by Crippen LogP contribution is 2.01. The molecule has 0 spiro atoms. The van der Waals surface area contributed by atoms with E-state index in [-0.39, 0.29) is 0 Å². The zero-order chi connectivity index (χ0) is 7.40. The number of halogens is 2. The van der Waals surface area contributed by atoms with Crippen molar-refractivity contribution in [3.05, 3.63) is 23.8 Å². The molecular formula is C6H6Cl2N2. The second kappa shape index (κ2) is 3.74. The van der Waals surface area contributed by atoms with Crippen LogP contribution in [-0.2, 0) is 11.8 Å². The lowest BCUT2D eigenvalue weighted by atomic mass is 10.4. The first-order chi connectivity index (χ1) is 4.86. The summed E-state index contributed by atoms with van der Waals surface area (Å²) in [5, 5.41) is 0. The first kappa shape index (κ1) is 7.76. The molecule has 0 aliphatic carbocycles. The van der Waals surface area contributed by atoms with Crippen molar-refractivity contribution >= 4 is 23.2 Å². The van der Waals surface area contributed by atoms with Gasteiger partial charge in [-0.2, -0.15) is 0 Å². The van der Waals surface area contributed by atoms with Crippen LogP contribution in [0.25, 0.3) is 0 Å². The molecule has 1 rings (SSSR count). The van der Waals surface area contributed by atoms with Crippen molar-refractivity contribution in [2.24, 2.45) is 0 Å². The maximum absolute atomic E-state index is 5.51. The van der Waals surface area contributed by atoms with E-state index in [0.717, 1.165) is 11.4 Å². The van der Waals surface area contributed by atoms with Crippen molar-refractivity contribution in [1.82, 2.24) is 9.97 Å². The van der Waals surface area contributed by atoms with Gasteiger partial charge in [-0.15, -0.1) is 23.2 Å². The highest BCUT2D eigenvalue weighted by molar-refractivity contribution is 6.17. The van der Waals surface area contributed by atoms with E-state index >= 15 is 0 Å². The van der Waals surface area contributed by atoms with Gasteiger partial charge < -0.3 is 0 Å². The third-order valence-corrected chi connectivity index (χ3v) is 1.56. The number of aromatic nitrogens is 2. The van der Waals surface area contributed by atoms with Crippen molar-refractivity contribution < 1.29 is 0 Å². The Bertz CT molecular complexity index is 195. The van der Waals surface area contributed by atoms with E-state index in [1.54, 1.807) is 12.4 Å². The number of rotatable bonds is 2. The molecule has 0 unspecified atom stereocenters. The van der Waals surface area contributed by atoms with Gasteiger partial charge in [-0.1, -0.05) is 0 Å². The van der Waals surface area contributed by atoms with Gasteiger partial charge in [-0.3, -0.25) is 9.97 Å². The van der Waals surface area contributed by atoms with Crippen LogP contribution in [0.4, 0.5) is 0 Å². The summed E-state index contributed by atoms with van der Waals surface area (Å²) < 4.78 is 0. The highest BCUT2D eigenvalue weighted by Gasteiger charge is 1.94. The lowest BCUT2D eigenvalue weighted by molar-refractivity contribution is 1.03. The van der Waals surface area contributed by atoms with Crippen LogP contribution in [0.15, 0.2) is 12.4 Å². The molecule has 10 heavy (non-hydrogen) atoms. The summed E-state index contributed by atoms with van der Waals surface area (Å²) in [7, 11) is 0. The number of hydrogen-bond donors (Lipinski definition) is 0. The molecule has 54 valence electrons. The Kier molecular flexibility index (Phi) is 2.90. The molecule has 4 heteroatoms. The Morgan fingerprint density at radius 1 is 1.10 bits per heavy atom. The molecule has 0 N–H and O–H groups in total. The lowest BCUT2D eigenvalue weighted by Crippen LogP contribution is -1.91. The fourth-order valence-corrected chi connectivity index (χ4v) is 0.838. The molecule has 0 atom stereocenters. The number of alkyl halides is 2. The molecule has 0 amide bonds. The summed E-state index contributed by atoms with van der Waals surface area (Å²) in [5.41, 5.74) is 1.53. The van der Waals surface area contributed by atoms with Crippen LogP contribution in [0.3, 0.4) is 0 Å². The minimum atomic E-state index is 0.387. The minimum absolute atomic E-state index is 0.387. The fourth-order valence-electron chi connectivity index (χ4n) is 0.580. The van der Waals surface area contributed by atoms with Crippen molar-refractivity contribution in [2.45, 2.75) is 11.8 Å². The molecule has 0 bridgehead atoms. The molecule has 0 saturated heterocycles. The predicted molar refractivity (Wildman–Crippen MR) is 41.1 cm³/mol. The van der Waals surface area contributed by atoms with E-state index < -0.39 is 0 Å². The first-order valence-electron chi connectivity index (χ1n) is 2.78. The molecule has 2 nitrogen and oxygen atoms in total. The maximum atomic E-state index is 5.51. The monoisotopic (exact) mass is 176 g/mol.